The average Bonchev–Trinajstić information content (AvgIpc) is 2.82. The number of nitrogens with two attached hydrogens (primary N) is 1. The molecule has 1 fully saturated rings. The van der Waals surface area contributed by atoms with Crippen LogP contribution in [0.2, 0.25) is 0 Å². The average molecular weight is 485 g/mol. The molecular weight excluding hydrogens is 465 g/mol. The van der Waals surface area contributed by atoms with Crippen LogP contribution in [0.1, 0.15) is 12.8 Å². The van der Waals surface area contributed by atoms with Gasteiger partial charge in [-0.15, -0.1) is 0 Å². The van der Waals surface area contributed by atoms with Gasteiger partial charge in [-0.2, -0.15) is 0 Å². The molecule has 4 nitrogen and oxygen atoms in total. The number of phenolic OH excluding ortho intramolecular Hbond substituents is 1. The molecule has 0 saturated carbocycles. The second-order valence-corrected chi connectivity index (χ2v) is 8.61. The molecule has 3 N–H and O–H groups in total. The van der Waals surface area contributed by atoms with Crippen LogP contribution in [0.3, 0.4) is 0 Å². The van der Waals surface area contributed by atoms with Gasteiger partial charge in [0.25, 0.3) is 0 Å². The molecule has 1 aliphatic rings. The monoisotopic (exact) mass is 485 g/mol. The third-order valence-corrected chi connectivity index (χ3v) is 6.30. The van der Waals surface area contributed by atoms with Crippen molar-refractivity contribution in [1.82, 2.24) is 4.98 Å². The number of phenols is 1. The van der Waals surface area contributed by atoms with Gasteiger partial charge in [-0.25, -0.2) is 22.0 Å². The van der Waals surface area contributed by atoms with E-state index in [1.165, 1.54) is 36.5 Å². The zero-order valence-electron chi connectivity index (χ0n) is 18.3. The van der Waals surface area contributed by atoms with Gasteiger partial charge < -0.3 is 15.7 Å². The smallest absolute Gasteiger partial charge is 0.170 e. The number of aromatic nitrogens is 1. The Morgan fingerprint density at radius 2 is 1.54 bits per heavy atom. The summed E-state index contributed by atoms with van der Waals surface area (Å²) in [6.07, 6.45) is 2.84. The summed E-state index contributed by atoms with van der Waals surface area (Å²) in [5.74, 6) is -6.69. The second-order valence-electron chi connectivity index (χ2n) is 8.61. The summed E-state index contributed by atoms with van der Waals surface area (Å²) < 4.78 is 70.8. The van der Waals surface area contributed by atoms with Crippen LogP contribution >= 0.6 is 0 Å². The number of fused-ring (bicyclic) bond motifs is 1. The van der Waals surface area contributed by atoms with Crippen molar-refractivity contribution in [1.29, 1.82) is 0 Å². The fourth-order valence-corrected chi connectivity index (χ4v) is 4.57. The molecule has 4 aromatic rings. The second kappa shape index (κ2) is 8.81. The number of hydrogen-bond donors (Lipinski definition) is 2. The minimum absolute atomic E-state index is 0.00582. The van der Waals surface area contributed by atoms with Gasteiger partial charge in [0.1, 0.15) is 11.6 Å². The molecular formula is C26H20F5N3O. The van der Waals surface area contributed by atoms with Crippen LogP contribution in [-0.4, -0.2) is 29.2 Å². The van der Waals surface area contributed by atoms with Crippen LogP contribution in [0.25, 0.3) is 33.2 Å². The number of halogens is 5. The summed E-state index contributed by atoms with van der Waals surface area (Å²) in [6, 6.07) is 7.79. The van der Waals surface area contributed by atoms with Crippen molar-refractivity contribution in [2.75, 3.05) is 18.0 Å². The van der Waals surface area contributed by atoms with E-state index in [2.05, 4.69) is 4.98 Å². The molecule has 1 aromatic heterocycles. The molecule has 180 valence electrons. The zero-order chi connectivity index (χ0) is 24.9. The Labute approximate surface area is 197 Å². The summed E-state index contributed by atoms with van der Waals surface area (Å²) in [7, 11) is 0. The number of nitrogens with zero attached hydrogens (tertiary/aromatic N) is 2. The molecule has 3 aromatic carbocycles. The van der Waals surface area contributed by atoms with E-state index in [1.807, 2.05) is 4.90 Å². The molecule has 0 radical (unpaired) electrons. The molecule has 35 heavy (non-hydrogen) atoms. The molecule has 0 bridgehead atoms. The maximum Gasteiger partial charge on any atom is 0.170 e. The topological polar surface area (TPSA) is 62.4 Å². The standard InChI is InChI=1S/C26H20F5N3O/c27-15-7-14(8-16(28)10-15)19-12-33-22-2-1-13(23-24(31)20(29)11-21(30)26(23)35)9-18(22)25(19)34-5-3-17(32)4-6-34/h1-2,7-12,17,35H,3-6,32H2. The number of piperidine rings is 1. The highest BCUT2D eigenvalue weighted by atomic mass is 19.2. The summed E-state index contributed by atoms with van der Waals surface area (Å²) in [5, 5.41) is 10.6. The lowest BCUT2D eigenvalue weighted by Gasteiger charge is -2.34. The van der Waals surface area contributed by atoms with Crippen LogP contribution in [0.4, 0.5) is 27.6 Å². The first-order valence-corrected chi connectivity index (χ1v) is 11.0. The molecule has 0 spiro atoms. The molecule has 0 aliphatic carbocycles. The SMILES string of the molecule is NC1CCN(c2c(-c3cc(F)cc(F)c3)cnc3ccc(-c4c(O)c(F)cc(F)c4F)cc23)CC1. The molecule has 0 atom stereocenters. The fraction of sp³-hybridized carbons (Fsp3) is 0.192. The Balaban J connectivity index is 1.79. The van der Waals surface area contributed by atoms with Gasteiger partial charge in [0, 0.05) is 48.4 Å². The number of rotatable bonds is 3. The Morgan fingerprint density at radius 3 is 2.23 bits per heavy atom. The highest BCUT2D eigenvalue weighted by molar-refractivity contribution is 6.02. The van der Waals surface area contributed by atoms with Gasteiger partial charge in [-0.3, -0.25) is 4.98 Å². The lowest BCUT2D eigenvalue weighted by molar-refractivity contribution is 0.416. The van der Waals surface area contributed by atoms with Crippen molar-refractivity contribution in [3.05, 3.63) is 77.7 Å². The third-order valence-electron chi connectivity index (χ3n) is 6.30. The minimum atomic E-state index is -1.44. The van der Waals surface area contributed by atoms with Crippen LogP contribution in [0.15, 0.2) is 48.7 Å². The first kappa shape index (κ1) is 23.0. The molecule has 1 aliphatic heterocycles. The van der Waals surface area contributed by atoms with Gasteiger partial charge in [-0.05, 0) is 48.2 Å². The third kappa shape index (κ3) is 4.16. The Morgan fingerprint density at radius 1 is 0.857 bits per heavy atom. The summed E-state index contributed by atoms with van der Waals surface area (Å²) in [4.78, 5) is 6.40. The van der Waals surface area contributed by atoms with E-state index in [9.17, 15) is 27.1 Å². The van der Waals surface area contributed by atoms with E-state index in [0.717, 1.165) is 6.07 Å². The van der Waals surface area contributed by atoms with Crippen molar-refractivity contribution >= 4 is 16.6 Å². The zero-order valence-corrected chi connectivity index (χ0v) is 18.3. The van der Waals surface area contributed by atoms with Crippen LogP contribution in [0, 0.1) is 29.1 Å². The number of benzene rings is 3. The first-order chi connectivity index (χ1) is 16.7. The van der Waals surface area contributed by atoms with E-state index in [0.29, 0.717) is 48.1 Å². The maximum absolute atomic E-state index is 14.6. The Hall–Kier alpha value is -3.72. The lowest BCUT2D eigenvalue weighted by Crippen LogP contribution is -2.40. The predicted octanol–water partition coefficient (Wildman–Crippen LogP) is 5.90. The summed E-state index contributed by atoms with van der Waals surface area (Å²) in [6.45, 7) is 1.09. The quantitative estimate of drug-likeness (QED) is 0.280. The number of anilines is 1. The minimum Gasteiger partial charge on any atom is -0.504 e. The molecule has 0 unspecified atom stereocenters. The van der Waals surface area contributed by atoms with Crippen molar-refractivity contribution in [2.24, 2.45) is 5.73 Å². The maximum atomic E-state index is 14.6. The Kier molecular flexibility index (Phi) is 5.80. The lowest BCUT2D eigenvalue weighted by atomic mass is 9.95. The van der Waals surface area contributed by atoms with Crippen LogP contribution in [-0.2, 0) is 0 Å². The predicted molar refractivity (Wildman–Crippen MR) is 123 cm³/mol. The molecule has 9 heteroatoms. The van der Waals surface area contributed by atoms with E-state index >= 15 is 0 Å². The van der Waals surface area contributed by atoms with E-state index < -0.39 is 40.4 Å². The van der Waals surface area contributed by atoms with E-state index in [-0.39, 0.29) is 23.2 Å². The normalized spacial score (nSPS) is 14.6. The van der Waals surface area contributed by atoms with E-state index in [1.54, 1.807) is 0 Å². The van der Waals surface area contributed by atoms with Crippen LogP contribution < -0.4 is 10.6 Å². The largest absolute Gasteiger partial charge is 0.504 e. The summed E-state index contributed by atoms with van der Waals surface area (Å²) >= 11 is 0. The van der Waals surface area contributed by atoms with Crippen LogP contribution in [0.5, 0.6) is 5.75 Å². The van der Waals surface area contributed by atoms with Gasteiger partial charge in [0.2, 0.25) is 0 Å². The van der Waals surface area contributed by atoms with Crippen molar-refractivity contribution in [3.63, 3.8) is 0 Å². The van der Waals surface area contributed by atoms with Crippen molar-refractivity contribution in [2.45, 2.75) is 18.9 Å². The van der Waals surface area contributed by atoms with Crippen molar-refractivity contribution < 1.29 is 27.1 Å². The molecule has 2 heterocycles. The molecule has 5 rings (SSSR count). The van der Waals surface area contributed by atoms with Gasteiger partial charge in [-0.1, -0.05) is 6.07 Å². The summed E-state index contributed by atoms with van der Waals surface area (Å²) in [5.41, 5.74) is 7.17. The number of hydrogen-bond acceptors (Lipinski definition) is 4. The molecule has 0 amide bonds. The van der Waals surface area contributed by atoms with Gasteiger partial charge in [0.15, 0.2) is 23.2 Å². The highest BCUT2D eigenvalue weighted by Gasteiger charge is 2.25. The van der Waals surface area contributed by atoms with Gasteiger partial charge in [0.05, 0.1) is 16.8 Å². The first-order valence-electron chi connectivity index (χ1n) is 11.0. The number of pyridine rings is 1. The highest BCUT2D eigenvalue weighted by Crippen LogP contribution is 2.42. The fourth-order valence-electron chi connectivity index (χ4n) is 4.57. The Bertz CT molecular complexity index is 1400. The molecule has 1 saturated heterocycles. The van der Waals surface area contributed by atoms with Gasteiger partial charge >= 0.3 is 0 Å². The van der Waals surface area contributed by atoms with E-state index in [4.69, 9.17) is 5.73 Å². The van der Waals surface area contributed by atoms with Crippen molar-refractivity contribution in [3.8, 4) is 28.0 Å². The number of aromatic hydroxyl groups is 1.